The van der Waals surface area contributed by atoms with E-state index in [1.807, 2.05) is 24.3 Å². The quantitative estimate of drug-likeness (QED) is 0.903. The minimum Gasteiger partial charge on any atom is -0.497 e. The van der Waals surface area contributed by atoms with Gasteiger partial charge in [-0.1, -0.05) is 30.7 Å². The minimum atomic E-state index is 0. The smallest absolute Gasteiger partial charge is 0.119 e. The standard InChI is InChI=1S/C12H16ClNO.ClH/c1-9(11(7-13)8-14)10-4-3-5-12(6-10)15-2;/h3-7,9H,8,14H2,1-2H3;1H/b11-7-;. The highest BCUT2D eigenvalue weighted by Gasteiger charge is 2.10. The topological polar surface area (TPSA) is 35.2 Å². The predicted molar refractivity (Wildman–Crippen MR) is 71.6 cm³/mol. The third kappa shape index (κ3) is 3.71. The number of halogens is 2. The van der Waals surface area contributed by atoms with E-state index in [2.05, 4.69) is 6.92 Å². The van der Waals surface area contributed by atoms with Gasteiger partial charge in [0, 0.05) is 18.0 Å². The van der Waals surface area contributed by atoms with Gasteiger partial charge < -0.3 is 10.5 Å². The molecule has 0 aromatic heterocycles. The average molecular weight is 262 g/mol. The van der Waals surface area contributed by atoms with Crippen LogP contribution >= 0.6 is 24.0 Å². The molecule has 0 aliphatic carbocycles. The van der Waals surface area contributed by atoms with Crippen LogP contribution in [0.1, 0.15) is 18.4 Å². The molecule has 0 radical (unpaired) electrons. The Bertz CT molecular complexity index is 353. The van der Waals surface area contributed by atoms with Gasteiger partial charge in [0.15, 0.2) is 0 Å². The maximum absolute atomic E-state index is 5.71. The Morgan fingerprint density at radius 1 is 1.56 bits per heavy atom. The van der Waals surface area contributed by atoms with E-state index >= 15 is 0 Å². The minimum absolute atomic E-state index is 0. The molecule has 0 fully saturated rings. The molecular weight excluding hydrogens is 245 g/mol. The van der Waals surface area contributed by atoms with Crippen LogP contribution in [0.2, 0.25) is 0 Å². The highest BCUT2D eigenvalue weighted by Crippen LogP contribution is 2.26. The second kappa shape index (κ2) is 7.55. The molecule has 2 nitrogen and oxygen atoms in total. The van der Waals surface area contributed by atoms with E-state index in [-0.39, 0.29) is 18.3 Å². The van der Waals surface area contributed by atoms with Crippen molar-refractivity contribution in [2.24, 2.45) is 5.73 Å². The Morgan fingerprint density at radius 2 is 2.25 bits per heavy atom. The third-order valence-electron chi connectivity index (χ3n) is 2.53. The molecule has 1 atom stereocenters. The van der Waals surface area contributed by atoms with Crippen LogP contribution in [0.25, 0.3) is 0 Å². The monoisotopic (exact) mass is 261 g/mol. The van der Waals surface area contributed by atoms with Crippen molar-refractivity contribution in [2.75, 3.05) is 13.7 Å². The summed E-state index contributed by atoms with van der Waals surface area (Å²) in [6.45, 7) is 2.55. The van der Waals surface area contributed by atoms with Gasteiger partial charge in [0.2, 0.25) is 0 Å². The molecule has 1 unspecified atom stereocenters. The summed E-state index contributed by atoms with van der Waals surface area (Å²) in [6.07, 6.45) is 0. The second-order valence-corrected chi connectivity index (χ2v) is 3.60. The van der Waals surface area contributed by atoms with Gasteiger partial charge in [-0.05, 0) is 23.3 Å². The largest absolute Gasteiger partial charge is 0.497 e. The van der Waals surface area contributed by atoms with Gasteiger partial charge in [0.05, 0.1) is 7.11 Å². The van der Waals surface area contributed by atoms with Crippen molar-refractivity contribution in [1.82, 2.24) is 0 Å². The molecular formula is C12H17Cl2NO. The molecule has 0 amide bonds. The van der Waals surface area contributed by atoms with Crippen LogP contribution < -0.4 is 10.5 Å². The lowest BCUT2D eigenvalue weighted by Gasteiger charge is -2.14. The number of methoxy groups -OCH3 is 1. The van der Waals surface area contributed by atoms with Gasteiger partial charge in [-0.25, -0.2) is 0 Å². The first-order valence-electron chi connectivity index (χ1n) is 4.86. The summed E-state index contributed by atoms with van der Waals surface area (Å²) in [5, 5.41) is 0. The number of nitrogens with two attached hydrogens (primary N) is 1. The van der Waals surface area contributed by atoms with Crippen LogP contribution in [0.4, 0.5) is 0 Å². The molecule has 1 aromatic rings. The van der Waals surface area contributed by atoms with Gasteiger partial charge in [0.1, 0.15) is 5.75 Å². The maximum atomic E-state index is 5.71. The SMILES string of the molecule is COc1cccc(C(C)/C(=C\Cl)CN)c1.Cl. The van der Waals surface area contributed by atoms with Crippen molar-refractivity contribution in [1.29, 1.82) is 0 Å². The Morgan fingerprint density at radius 3 is 2.75 bits per heavy atom. The molecule has 4 heteroatoms. The number of ether oxygens (including phenoxy) is 1. The van der Waals surface area contributed by atoms with E-state index in [1.165, 1.54) is 0 Å². The molecule has 0 spiro atoms. The fourth-order valence-corrected chi connectivity index (χ4v) is 1.72. The maximum Gasteiger partial charge on any atom is 0.119 e. The van der Waals surface area contributed by atoms with Crippen LogP contribution in [0.15, 0.2) is 35.4 Å². The Kier molecular flexibility index (Phi) is 7.22. The van der Waals surface area contributed by atoms with Crippen LogP contribution in [0.3, 0.4) is 0 Å². The van der Waals surface area contributed by atoms with Gasteiger partial charge in [0.25, 0.3) is 0 Å². The fraction of sp³-hybridized carbons (Fsp3) is 0.333. The first-order valence-corrected chi connectivity index (χ1v) is 5.29. The molecule has 0 heterocycles. The zero-order valence-electron chi connectivity index (χ0n) is 9.44. The zero-order valence-corrected chi connectivity index (χ0v) is 11.0. The van der Waals surface area contributed by atoms with Crippen LogP contribution in [-0.2, 0) is 0 Å². The lowest BCUT2D eigenvalue weighted by Crippen LogP contribution is -2.09. The predicted octanol–water partition coefficient (Wildman–Crippen LogP) is 3.30. The molecule has 2 N–H and O–H groups in total. The summed E-state index contributed by atoms with van der Waals surface area (Å²) < 4.78 is 5.17. The van der Waals surface area contributed by atoms with Crippen LogP contribution in [0, 0.1) is 0 Å². The summed E-state index contributed by atoms with van der Waals surface area (Å²) >= 11 is 5.71. The molecule has 90 valence electrons. The molecule has 0 saturated heterocycles. The number of rotatable bonds is 4. The first-order chi connectivity index (χ1) is 7.22. The Hall–Kier alpha value is -0.700. The zero-order chi connectivity index (χ0) is 11.3. The first kappa shape index (κ1) is 15.3. The lowest BCUT2D eigenvalue weighted by atomic mass is 9.94. The summed E-state index contributed by atoms with van der Waals surface area (Å²) in [6, 6.07) is 7.93. The molecule has 1 aromatic carbocycles. The van der Waals surface area contributed by atoms with E-state index in [0.29, 0.717) is 6.54 Å². The third-order valence-corrected chi connectivity index (χ3v) is 2.81. The van der Waals surface area contributed by atoms with Crippen molar-refractivity contribution in [2.45, 2.75) is 12.8 Å². The van der Waals surface area contributed by atoms with Crippen molar-refractivity contribution >= 4 is 24.0 Å². The van der Waals surface area contributed by atoms with Crippen molar-refractivity contribution < 1.29 is 4.74 Å². The normalized spacial score (nSPS) is 12.9. The van der Waals surface area contributed by atoms with E-state index in [0.717, 1.165) is 16.9 Å². The van der Waals surface area contributed by atoms with Gasteiger partial charge in [-0.15, -0.1) is 12.4 Å². The van der Waals surface area contributed by atoms with Gasteiger partial charge >= 0.3 is 0 Å². The molecule has 0 aliphatic rings. The average Bonchev–Trinajstić information content (AvgIpc) is 2.30. The fourth-order valence-electron chi connectivity index (χ4n) is 1.44. The molecule has 0 saturated carbocycles. The summed E-state index contributed by atoms with van der Waals surface area (Å²) in [5.74, 6) is 1.08. The van der Waals surface area contributed by atoms with E-state index in [4.69, 9.17) is 22.1 Å². The van der Waals surface area contributed by atoms with E-state index in [1.54, 1.807) is 12.6 Å². The molecule has 0 bridgehead atoms. The summed E-state index contributed by atoms with van der Waals surface area (Å²) in [5.41, 5.74) is 9.35. The van der Waals surface area contributed by atoms with Gasteiger partial charge in [-0.3, -0.25) is 0 Å². The number of benzene rings is 1. The van der Waals surface area contributed by atoms with Crippen LogP contribution in [-0.4, -0.2) is 13.7 Å². The molecule has 16 heavy (non-hydrogen) atoms. The van der Waals surface area contributed by atoms with E-state index < -0.39 is 0 Å². The van der Waals surface area contributed by atoms with Gasteiger partial charge in [-0.2, -0.15) is 0 Å². The highest BCUT2D eigenvalue weighted by atomic mass is 35.5. The Balaban J connectivity index is 0.00000225. The summed E-state index contributed by atoms with van der Waals surface area (Å²) in [7, 11) is 1.66. The number of hydrogen-bond acceptors (Lipinski definition) is 2. The molecule has 0 aliphatic heterocycles. The van der Waals surface area contributed by atoms with E-state index in [9.17, 15) is 0 Å². The lowest BCUT2D eigenvalue weighted by molar-refractivity contribution is 0.414. The molecule has 1 rings (SSSR count). The number of hydrogen-bond donors (Lipinski definition) is 1. The van der Waals surface area contributed by atoms with Crippen molar-refractivity contribution in [3.05, 3.63) is 40.9 Å². The second-order valence-electron chi connectivity index (χ2n) is 3.39. The van der Waals surface area contributed by atoms with Crippen molar-refractivity contribution in [3.63, 3.8) is 0 Å². The van der Waals surface area contributed by atoms with Crippen LogP contribution in [0.5, 0.6) is 5.75 Å². The Labute approximate surface area is 108 Å². The highest BCUT2D eigenvalue weighted by molar-refractivity contribution is 6.25. The summed E-state index contributed by atoms with van der Waals surface area (Å²) in [4.78, 5) is 0. The van der Waals surface area contributed by atoms with Crippen molar-refractivity contribution in [3.8, 4) is 5.75 Å².